The second kappa shape index (κ2) is 5.81. The van der Waals surface area contributed by atoms with Crippen molar-refractivity contribution in [1.29, 1.82) is 0 Å². The molecule has 1 aliphatic carbocycles. The van der Waals surface area contributed by atoms with Gasteiger partial charge in [0.2, 0.25) is 11.8 Å². The number of hydrogen-bond donors (Lipinski definition) is 0. The molecule has 0 radical (unpaired) electrons. The Morgan fingerprint density at radius 2 is 1.96 bits per heavy atom. The number of benzene rings is 1. The molecule has 1 aliphatic rings. The minimum Gasteiger partial charge on any atom is -0.419 e. The van der Waals surface area contributed by atoms with Gasteiger partial charge in [-0.3, -0.25) is 0 Å². The van der Waals surface area contributed by atoms with Crippen molar-refractivity contribution in [2.45, 2.75) is 43.1 Å². The molecule has 2 aromatic heterocycles. The maximum absolute atomic E-state index is 5.84. The van der Waals surface area contributed by atoms with Crippen molar-refractivity contribution in [1.82, 2.24) is 25.0 Å². The smallest absolute Gasteiger partial charge is 0.247 e. The maximum atomic E-state index is 5.84. The van der Waals surface area contributed by atoms with Crippen LogP contribution in [0.2, 0.25) is 0 Å². The Labute approximate surface area is 138 Å². The van der Waals surface area contributed by atoms with Crippen LogP contribution < -0.4 is 0 Å². The van der Waals surface area contributed by atoms with Crippen LogP contribution in [0.3, 0.4) is 0 Å². The molecule has 1 unspecified atom stereocenters. The van der Waals surface area contributed by atoms with Gasteiger partial charge in [0, 0.05) is 11.6 Å². The second-order valence-corrected chi connectivity index (χ2v) is 7.13. The number of nitrogens with zero attached hydrogens (tertiary/aromatic N) is 5. The Bertz CT molecular complexity index is 806. The summed E-state index contributed by atoms with van der Waals surface area (Å²) in [6, 6.07) is 8.62. The lowest BCUT2D eigenvalue weighted by Gasteiger charge is -2.07. The van der Waals surface area contributed by atoms with Gasteiger partial charge in [0.1, 0.15) is 6.33 Å². The van der Waals surface area contributed by atoms with Crippen molar-refractivity contribution in [3.05, 3.63) is 42.0 Å². The summed E-state index contributed by atoms with van der Waals surface area (Å²) in [5.74, 6) is 1.16. The normalized spacial score (nSPS) is 15.7. The third-order valence-corrected chi connectivity index (χ3v) is 4.91. The highest BCUT2D eigenvalue weighted by Gasteiger charge is 2.28. The monoisotopic (exact) mass is 327 g/mol. The summed E-state index contributed by atoms with van der Waals surface area (Å²) < 4.78 is 7.97. The summed E-state index contributed by atoms with van der Waals surface area (Å²) in [7, 11) is 0. The van der Waals surface area contributed by atoms with Crippen molar-refractivity contribution in [3.8, 4) is 11.5 Å². The highest BCUT2D eigenvalue weighted by atomic mass is 32.2. The van der Waals surface area contributed by atoms with Crippen LogP contribution in [-0.4, -0.2) is 25.0 Å². The molecular formula is C16H17N5OS. The fourth-order valence-corrected chi connectivity index (χ4v) is 3.26. The molecule has 0 saturated heterocycles. The lowest BCUT2D eigenvalue weighted by atomic mass is 10.1. The summed E-state index contributed by atoms with van der Waals surface area (Å²) in [5, 5.41) is 17.5. The molecule has 0 aliphatic heterocycles. The van der Waals surface area contributed by atoms with Crippen molar-refractivity contribution in [2.75, 3.05) is 0 Å². The summed E-state index contributed by atoms with van der Waals surface area (Å²) >= 11 is 1.60. The highest BCUT2D eigenvalue weighted by molar-refractivity contribution is 7.99. The van der Waals surface area contributed by atoms with Gasteiger partial charge >= 0.3 is 0 Å². The van der Waals surface area contributed by atoms with Crippen LogP contribution in [0.5, 0.6) is 0 Å². The lowest BCUT2D eigenvalue weighted by molar-refractivity contribution is 0.508. The van der Waals surface area contributed by atoms with Gasteiger partial charge in [0.25, 0.3) is 0 Å². The van der Waals surface area contributed by atoms with Crippen LogP contribution in [0.25, 0.3) is 11.5 Å². The first-order chi connectivity index (χ1) is 11.2. The van der Waals surface area contributed by atoms with E-state index < -0.39 is 0 Å². The van der Waals surface area contributed by atoms with Gasteiger partial charge in [-0.1, -0.05) is 29.5 Å². The average Bonchev–Trinajstić information content (AvgIpc) is 3.09. The van der Waals surface area contributed by atoms with E-state index in [1.54, 1.807) is 18.1 Å². The fraction of sp³-hybridized carbons (Fsp3) is 0.375. The molecule has 118 valence electrons. The first kappa shape index (κ1) is 14.4. The van der Waals surface area contributed by atoms with Gasteiger partial charge in [-0.25, -0.2) is 0 Å². The average molecular weight is 327 g/mol. The van der Waals surface area contributed by atoms with Crippen LogP contribution in [0.1, 0.15) is 42.5 Å². The Morgan fingerprint density at radius 1 is 1.17 bits per heavy atom. The molecule has 0 bridgehead atoms. The molecule has 1 atom stereocenters. The van der Waals surface area contributed by atoms with E-state index in [1.807, 2.05) is 31.2 Å². The molecular weight excluding hydrogens is 310 g/mol. The van der Waals surface area contributed by atoms with Gasteiger partial charge < -0.3 is 8.98 Å². The van der Waals surface area contributed by atoms with Gasteiger partial charge in [-0.05, 0) is 38.8 Å². The summed E-state index contributed by atoms with van der Waals surface area (Å²) in [6.07, 6.45) is 4.22. The first-order valence-electron chi connectivity index (χ1n) is 7.67. The molecule has 7 heteroatoms. The predicted molar refractivity (Wildman–Crippen MR) is 87.0 cm³/mol. The van der Waals surface area contributed by atoms with E-state index in [4.69, 9.17) is 4.42 Å². The predicted octanol–water partition coefficient (Wildman–Crippen LogP) is 3.82. The third-order valence-electron chi connectivity index (χ3n) is 3.85. The molecule has 6 nitrogen and oxygen atoms in total. The van der Waals surface area contributed by atoms with E-state index in [-0.39, 0.29) is 5.25 Å². The summed E-state index contributed by atoms with van der Waals surface area (Å²) in [5.41, 5.74) is 2.14. The Hall–Kier alpha value is -2.15. The first-order valence-corrected chi connectivity index (χ1v) is 8.55. The zero-order valence-corrected chi connectivity index (χ0v) is 13.8. The Kier molecular flexibility index (Phi) is 3.65. The van der Waals surface area contributed by atoms with Crippen LogP contribution in [0.15, 0.2) is 40.2 Å². The summed E-state index contributed by atoms with van der Waals surface area (Å²) in [4.78, 5) is 0. The van der Waals surface area contributed by atoms with Crippen molar-refractivity contribution in [3.63, 3.8) is 0 Å². The minimum atomic E-state index is 0.0309. The second-order valence-electron chi connectivity index (χ2n) is 5.82. The van der Waals surface area contributed by atoms with Crippen LogP contribution in [0.4, 0.5) is 0 Å². The van der Waals surface area contributed by atoms with Crippen molar-refractivity contribution < 1.29 is 4.42 Å². The topological polar surface area (TPSA) is 69.6 Å². The number of aromatic nitrogens is 5. The van der Waals surface area contributed by atoms with Gasteiger partial charge in [0.05, 0.1) is 5.25 Å². The van der Waals surface area contributed by atoms with E-state index >= 15 is 0 Å². The molecule has 0 spiro atoms. The number of hydrogen-bond acceptors (Lipinski definition) is 6. The third kappa shape index (κ3) is 3.01. The molecule has 23 heavy (non-hydrogen) atoms. The standard InChI is InChI=1S/C16H17N5OS/c1-10-3-5-12(6-4-10)15-19-18-14(22-15)11(2)23-16-20-17-9-21(16)13-7-8-13/h3-6,9,11,13H,7-8H2,1-2H3. The molecule has 1 aromatic carbocycles. The van der Waals surface area contributed by atoms with Gasteiger partial charge in [0.15, 0.2) is 5.16 Å². The molecule has 1 fully saturated rings. The molecule has 1 saturated carbocycles. The molecule has 3 aromatic rings. The van der Waals surface area contributed by atoms with E-state index in [2.05, 4.69) is 31.9 Å². The lowest BCUT2D eigenvalue weighted by Crippen LogP contribution is -1.97. The largest absolute Gasteiger partial charge is 0.419 e. The molecule has 4 rings (SSSR count). The van der Waals surface area contributed by atoms with E-state index in [9.17, 15) is 0 Å². The van der Waals surface area contributed by atoms with Crippen LogP contribution in [-0.2, 0) is 0 Å². The molecule has 0 N–H and O–H groups in total. The Balaban J connectivity index is 1.51. The zero-order chi connectivity index (χ0) is 15.8. The minimum absolute atomic E-state index is 0.0309. The van der Waals surface area contributed by atoms with Crippen molar-refractivity contribution >= 4 is 11.8 Å². The molecule has 2 heterocycles. The van der Waals surface area contributed by atoms with E-state index in [0.29, 0.717) is 17.8 Å². The SMILES string of the molecule is Cc1ccc(-c2nnc(C(C)Sc3nncn3C3CC3)o2)cc1. The fourth-order valence-electron chi connectivity index (χ4n) is 2.34. The van der Waals surface area contributed by atoms with Gasteiger partial charge in [-0.15, -0.1) is 20.4 Å². The molecule has 0 amide bonds. The highest BCUT2D eigenvalue weighted by Crippen LogP contribution is 2.40. The van der Waals surface area contributed by atoms with Crippen molar-refractivity contribution in [2.24, 2.45) is 0 Å². The van der Waals surface area contributed by atoms with Crippen LogP contribution >= 0.6 is 11.8 Å². The number of aryl methyl sites for hydroxylation is 1. The Morgan fingerprint density at radius 3 is 2.70 bits per heavy atom. The van der Waals surface area contributed by atoms with Gasteiger partial charge in [-0.2, -0.15) is 0 Å². The quantitative estimate of drug-likeness (QED) is 0.663. The van der Waals surface area contributed by atoms with E-state index in [0.717, 1.165) is 10.7 Å². The summed E-state index contributed by atoms with van der Waals surface area (Å²) in [6.45, 7) is 4.10. The zero-order valence-electron chi connectivity index (χ0n) is 13.0. The van der Waals surface area contributed by atoms with Crippen LogP contribution in [0, 0.1) is 6.92 Å². The number of rotatable bonds is 5. The van der Waals surface area contributed by atoms with E-state index in [1.165, 1.54) is 18.4 Å². The maximum Gasteiger partial charge on any atom is 0.247 e. The number of thioether (sulfide) groups is 1.